The van der Waals surface area contributed by atoms with Crippen LogP contribution in [0.15, 0.2) is 18.3 Å². The number of fused-ring (bicyclic) bond motifs is 1. The van der Waals surface area contributed by atoms with Crippen LogP contribution in [0.4, 0.5) is 10.5 Å². The van der Waals surface area contributed by atoms with Gasteiger partial charge in [0.15, 0.2) is 0 Å². The van der Waals surface area contributed by atoms with Crippen LogP contribution in [-0.4, -0.2) is 72.2 Å². The molecule has 1 aromatic carbocycles. The number of methoxy groups -OCH3 is 1. The summed E-state index contributed by atoms with van der Waals surface area (Å²) in [6, 6.07) is 3.61. The molecule has 1 saturated heterocycles. The first-order valence-electron chi connectivity index (χ1n) is 9.71. The van der Waals surface area contributed by atoms with E-state index >= 15 is 0 Å². The lowest BCUT2D eigenvalue weighted by Gasteiger charge is -2.37. The van der Waals surface area contributed by atoms with Gasteiger partial charge in [-0.15, -0.1) is 0 Å². The lowest BCUT2D eigenvalue weighted by molar-refractivity contribution is 0.0240. The standard InChI is InChI=1S/C20H29N5O4/c1-20(2,3)29-19(27)24-9-7-23(8-10-24)16-6-5-14(18(21)26)17-15(16)13-25(22-17)11-12-28-4/h5-6,13H,7-12H2,1-4H3,(H2,21,26). The van der Waals surface area contributed by atoms with Gasteiger partial charge in [0.05, 0.1) is 18.7 Å². The molecule has 3 rings (SSSR count). The summed E-state index contributed by atoms with van der Waals surface area (Å²) < 4.78 is 12.4. The van der Waals surface area contributed by atoms with Crippen molar-refractivity contribution in [2.45, 2.75) is 32.9 Å². The fourth-order valence-corrected chi connectivity index (χ4v) is 3.37. The van der Waals surface area contributed by atoms with E-state index < -0.39 is 11.5 Å². The van der Waals surface area contributed by atoms with Gasteiger partial charge in [-0.2, -0.15) is 5.10 Å². The second-order valence-electron chi connectivity index (χ2n) is 8.10. The zero-order valence-corrected chi connectivity index (χ0v) is 17.5. The molecule has 1 aliphatic rings. The molecule has 1 aliphatic heterocycles. The van der Waals surface area contributed by atoms with Crippen molar-refractivity contribution in [2.24, 2.45) is 5.73 Å². The van der Waals surface area contributed by atoms with E-state index in [4.69, 9.17) is 15.2 Å². The number of benzene rings is 1. The molecule has 0 aliphatic carbocycles. The van der Waals surface area contributed by atoms with Gasteiger partial charge < -0.3 is 25.0 Å². The predicted octanol–water partition coefficient (Wildman–Crippen LogP) is 1.84. The van der Waals surface area contributed by atoms with E-state index in [1.165, 1.54) is 0 Å². The van der Waals surface area contributed by atoms with Crippen molar-refractivity contribution in [3.8, 4) is 0 Å². The summed E-state index contributed by atoms with van der Waals surface area (Å²) in [5, 5.41) is 5.40. The Labute approximate surface area is 170 Å². The summed E-state index contributed by atoms with van der Waals surface area (Å²) in [7, 11) is 1.63. The maximum atomic E-state index is 12.3. The Bertz CT molecular complexity index is 894. The Morgan fingerprint density at radius 2 is 1.86 bits per heavy atom. The summed E-state index contributed by atoms with van der Waals surface area (Å²) in [5.41, 5.74) is 6.97. The Balaban J connectivity index is 1.81. The molecule has 0 spiro atoms. The highest BCUT2D eigenvalue weighted by Gasteiger charge is 2.27. The van der Waals surface area contributed by atoms with Crippen LogP contribution in [-0.2, 0) is 16.0 Å². The normalized spacial score (nSPS) is 15.0. The maximum absolute atomic E-state index is 12.3. The third-order valence-corrected chi connectivity index (χ3v) is 4.76. The average molecular weight is 403 g/mol. The van der Waals surface area contributed by atoms with Crippen LogP contribution in [0.25, 0.3) is 10.9 Å². The Kier molecular flexibility index (Phi) is 5.97. The van der Waals surface area contributed by atoms with Crippen LogP contribution < -0.4 is 10.6 Å². The van der Waals surface area contributed by atoms with Crippen LogP contribution in [0.5, 0.6) is 0 Å². The highest BCUT2D eigenvalue weighted by atomic mass is 16.6. The Morgan fingerprint density at radius 3 is 2.45 bits per heavy atom. The Morgan fingerprint density at radius 1 is 1.17 bits per heavy atom. The molecule has 29 heavy (non-hydrogen) atoms. The zero-order chi connectivity index (χ0) is 21.2. The van der Waals surface area contributed by atoms with Gasteiger partial charge in [0, 0.05) is 50.6 Å². The third-order valence-electron chi connectivity index (χ3n) is 4.76. The quantitative estimate of drug-likeness (QED) is 0.817. The summed E-state index contributed by atoms with van der Waals surface area (Å²) in [6.45, 7) is 9.12. The van der Waals surface area contributed by atoms with Crippen molar-refractivity contribution >= 4 is 28.6 Å². The molecule has 0 atom stereocenters. The molecule has 158 valence electrons. The van der Waals surface area contributed by atoms with Crippen LogP contribution in [0.1, 0.15) is 31.1 Å². The molecule has 0 saturated carbocycles. The molecular formula is C20H29N5O4. The zero-order valence-electron chi connectivity index (χ0n) is 17.5. The largest absolute Gasteiger partial charge is 0.444 e. The smallest absolute Gasteiger partial charge is 0.410 e. The van der Waals surface area contributed by atoms with Gasteiger partial charge >= 0.3 is 6.09 Å². The van der Waals surface area contributed by atoms with Crippen molar-refractivity contribution in [1.82, 2.24) is 14.7 Å². The fourth-order valence-electron chi connectivity index (χ4n) is 3.37. The molecular weight excluding hydrogens is 374 g/mol. The fraction of sp³-hybridized carbons (Fsp3) is 0.550. The van der Waals surface area contributed by atoms with Gasteiger partial charge in [-0.25, -0.2) is 4.79 Å². The number of primary amides is 1. The second kappa shape index (κ2) is 8.28. The van der Waals surface area contributed by atoms with Crippen molar-refractivity contribution < 1.29 is 19.1 Å². The van der Waals surface area contributed by atoms with E-state index in [2.05, 4.69) is 10.00 Å². The molecule has 0 unspecified atom stereocenters. The minimum atomic E-state index is -0.512. The number of piperazine rings is 1. The number of hydrogen-bond acceptors (Lipinski definition) is 6. The molecule has 2 N–H and O–H groups in total. The molecule has 9 heteroatoms. The van der Waals surface area contributed by atoms with Gasteiger partial charge in [0.1, 0.15) is 11.1 Å². The third kappa shape index (κ3) is 4.79. The number of rotatable bonds is 5. The summed E-state index contributed by atoms with van der Waals surface area (Å²) >= 11 is 0. The minimum absolute atomic E-state index is 0.293. The van der Waals surface area contributed by atoms with E-state index in [0.717, 1.165) is 11.1 Å². The van der Waals surface area contributed by atoms with Gasteiger partial charge in [0.2, 0.25) is 0 Å². The SMILES string of the molecule is COCCn1cc2c(N3CCN(C(=O)OC(C)(C)C)CC3)ccc(C(N)=O)c2n1. The van der Waals surface area contributed by atoms with E-state index in [1.807, 2.05) is 33.0 Å². The topological polar surface area (TPSA) is 103 Å². The number of amides is 2. The summed E-state index contributed by atoms with van der Waals surface area (Å²) in [6.07, 6.45) is 1.62. The van der Waals surface area contributed by atoms with E-state index in [1.54, 1.807) is 22.8 Å². The van der Waals surface area contributed by atoms with Crippen molar-refractivity contribution in [1.29, 1.82) is 0 Å². The van der Waals surface area contributed by atoms with Crippen molar-refractivity contribution in [3.63, 3.8) is 0 Å². The number of nitrogens with two attached hydrogens (primary N) is 1. The first-order chi connectivity index (χ1) is 13.7. The van der Waals surface area contributed by atoms with Crippen LogP contribution >= 0.6 is 0 Å². The van der Waals surface area contributed by atoms with Crippen molar-refractivity contribution in [2.75, 3.05) is 44.8 Å². The molecule has 0 bridgehead atoms. The molecule has 1 aromatic heterocycles. The maximum Gasteiger partial charge on any atom is 0.410 e. The van der Waals surface area contributed by atoms with E-state index in [9.17, 15) is 9.59 Å². The number of hydrogen-bond donors (Lipinski definition) is 1. The highest BCUT2D eigenvalue weighted by Crippen LogP contribution is 2.30. The van der Waals surface area contributed by atoms with Crippen LogP contribution in [0, 0.1) is 0 Å². The molecule has 0 radical (unpaired) electrons. The van der Waals surface area contributed by atoms with E-state index in [-0.39, 0.29) is 6.09 Å². The minimum Gasteiger partial charge on any atom is -0.444 e. The highest BCUT2D eigenvalue weighted by molar-refractivity contribution is 6.08. The molecule has 9 nitrogen and oxygen atoms in total. The number of anilines is 1. The Hall–Kier alpha value is -2.81. The number of carbonyl (C=O) groups excluding carboxylic acids is 2. The number of carbonyl (C=O) groups is 2. The second-order valence-corrected chi connectivity index (χ2v) is 8.10. The number of aromatic nitrogens is 2. The predicted molar refractivity (Wildman–Crippen MR) is 110 cm³/mol. The van der Waals surface area contributed by atoms with Gasteiger partial charge in [0.25, 0.3) is 5.91 Å². The lowest BCUT2D eigenvalue weighted by Crippen LogP contribution is -2.50. The molecule has 2 amide bonds. The summed E-state index contributed by atoms with van der Waals surface area (Å²) in [5.74, 6) is -0.506. The lowest BCUT2D eigenvalue weighted by atomic mass is 10.1. The molecule has 2 heterocycles. The average Bonchev–Trinajstić information content (AvgIpc) is 3.08. The van der Waals surface area contributed by atoms with Crippen molar-refractivity contribution in [3.05, 3.63) is 23.9 Å². The number of ether oxygens (including phenoxy) is 2. The molecule has 1 fully saturated rings. The monoisotopic (exact) mass is 403 g/mol. The van der Waals surface area contributed by atoms with Gasteiger partial charge in [-0.1, -0.05) is 0 Å². The van der Waals surface area contributed by atoms with E-state index in [0.29, 0.717) is 50.4 Å². The van der Waals surface area contributed by atoms with Crippen LogP contribution in [0.3, 0.4) is 0 Å². The number of nitrogens with zero attached hydrogens (tertiary/aromatic N) is 4. The van der Waals surface area contributed by atoms with Gasteiger partial charge in [-0.05, 0) is 32.9 Å². The molecule has 2 aromatic rings. The first kappa shape index (κ1) is 20.9. The summed E-state index contributed by atoms with van der Waals surface area (Å²) in [4.78, 5) is 28.0. The first-order valence-corrected chi connectivity index (χ1v) is 9.71. The van der Waals surface area contributed by atoms with Crippen LogP contribution in [0.2, 0.25) is 0 Å². The van der Waals surface area contributed by atoms with Gasteiger partial charge in [-0.3, -0.25) is 9.48 Å².